The molecule has 0 atom stereocenters. The fourth-order valence-corrected chi connectivity index (χ4v) is 3.81. The van der Waals surface area contributed by atoms with Gasteiger partial charge in [0.25, 0.3) is 11.1 Å². The lowest BCUT2D eigenvalue weighted by molar-refractivity contribution is -0.123. The number of carbonyl (C=O) groups excluding carboxylic acids is 2. The Labute approximate surface area is 172 Å². The van der Waals surface area contributed by atoms with Gasteiger partial charge >= 0.3 is 0 Å². The Morgan fingerprint density at radius 2 is 1.86 bits per heavy atom. The number of ether oxygens (including phenoxy) is 4. The van der Waals surface area contributed by atoms with Gasteiger partial charge in [-0.3, -0.25) is 14.5 Å². The topological polar surface area (TPSA) is 74.3 Å². The van der Waals surface area contributed by atoms with Gasteiger partial charge in [0.1, 0.15) is 18.1 Å². The molecule has 2 heterocycles. The maximum Gasteiger partial charge on any atom is 0.293 e. The van der Waals surface area contributed by atoms with Crippen molar-refractivity contribution >= 4 is 29.0 Å². The molecule has 0 aliphatic carbocycles. The molecule has 0 unspecified atom stereocenters. The van der Waals surface area contributed by atoms with Crippen LogP contribution in [-0.4, -0.2) is 43.1 Å². The number of aryl methyl sites for hydroxylation is 1. The van der Waals surface area contributed by atoms with Gasteiger partial charge in [0.05, 0.1) is 18.6 Å². The summed E-state index contributed by atoms with van der Waals surface area (Å²) in [5, 5.41) is -0.325. The number of rotatable bonds is 6. The van der Waals surface area contributed by atoms with Gasteiger partial charge in [0.2, 0.25) is 6.79 Å². The van der Waals surface area contributed by atoms with Crippen LogP contribution in [0.4, 0.5) is 4.79 Å². The Kier molecular flexibility index (Phi) is 5.35. The monoisotopic (exact) mass is 413 g/mol. The van der Waals surface area contributed by atoms with Crippen LogP contribution in [0.15, 0.2) is 41.3 Å². The maximum atomic E-state index is 12.7. The average molecular weight is 413 g/mol. The van der Waals surface area contributed by atoms with E-state index < -0.39 is 0 Å². The third-order valence-corrected chi connectivity index (χ3v) is 5.40. The zero-order valence-electron chi connectivity index (χ0n) is 16.0. The summed E-state index contributed by atoms with van der Waals surface area (Å²) in [5.41, 5.74) is 1.77. The van der Waals surface area contributed by atoms with Gasteiger partial charge in [0, 0.05) is 11.6 Å². The number of methoxy groups -OCH3 is 1. The van der Waals surface area contributed by atoms with E-state index in [-0.39, 0.29) is 31.1 Å². The van der Waals surface area contributed by atoms with Gasteiger partial charge in [-0.1, -0.05) is 17.7 Å². The molecule has 2 aliphatic heterocycles. The van der Waals surface area contributed by atoms with Gasteiger partial charge in [-0.2, -0.15) is 0 Å². The van der Waals surface area contributed by atoms with E-state index in [9.17, 15) is 9.59 Å². The van der Waals surface area contributed by atoms with Crippen molar-refractivity contribution in [1.82, 2.24) is 4.90 Å². The number of amides is 2. The second-order valence-electron chi connectivity index (χ2n) is 6.44. The molecule has 0 bridgehead atoms. The lowest BCUT2D eigenvalue weighted by Gasteiger charge is -2.13. The first-order chi connectivity index (χ1) is 14.0. The van der Waals surface area contributed by atoms with E-state index >= 15 is 0 Å². The first kappa shape index (κ1) is 19.2. The molecule has 2 aromatic carbocycles. The Bertz CT molecular complexity index is 985. The number of fused-ring (bicyclic) bond motifs is 1. The Morgan fingerprint density at radius 1 is 1.14 bits per heavy atom. The lowest BCUT2D eigenvalue weighted by atomic mass is 10.1. The quantitative estimate of drug-likeness (QED) is 0.666. The molecule has 150 valence electrons. The number of nitrogens with zero attached hydrogens (tertiary/aromatic N) is 1. The van der Waals surface area contributed by atoms with E-state index in [0.717, 1.165) is 17.3 Å². The minimum Gasteiger partial charge on any atom is -0.496 e. The van der Waals surface area contributed by atoms with Gasteiger partial charge < -0.3 is 18.9 Å². The molecule has 1 fully saturated rings. The molecule has 1 saturated heterocycles. The zero-order chi connectivity index (χ0) is 20.4. The molecule has 7 nitrogen and oxygen atoms in total. The van der Waals surface area contributed by atoms with Crippen molar-refractivity contribution in [3.05, 3.63) is 52.4 Å². The van der Waals surface area contributed by atoms with Crippen LogP contribution in [0.1, 0.15) is 11.1 Å². The van der Waals surface area contributed by atoms with Gasteiger partial charge in [-0.05, 0) is 43.0 Å². The fourth-order valence-electron chi connectivity index (χ4n) is 2.95. The summed E-state index contributed by atoms with van der Waals surface area (Å²) in [4.78, 5) is 26.5. The van der Waals surface area contributed by atoms with Crippen LogP contribution in [0.5, 0.6) is 23.0 Å². The molecule has 2 aromatic rings. The number of hydrogen-bond donors (Lipinski definition) is 0. The maximum absolute atomic E-state index is 12.7. The van der Waals surface area contributed by atoms with E-state index in [1.807, 2.05) is 31.2 Å². The van der Waals surface area contributed by atoms with Crippen LogP contribution >= 0.6 is 11.8 Å². The van der Waals surface area contributed by atoms with Crippen molar-refractivity contribution in [3.8, 4) is 23.0 Å². The molecule has 0 aromatic heterocycles. The number of thioether (sulfide) groups is 1. The summed E-state index contributed by atoms with van der Waals surface area (Å²) in [5.74, 6) is 2.03. The summed E-state index contributed by atoms with van der Waals surface area (Å²) in [6.45, 7) is 2.53. The number of benzene rings is 2. The number of hydrogen-bond acceptors (Lipinski definition) is 7. The van der Waals surface area contributed by atoms with E-state index in [2.05, 4.69) is 0 Å². The summed E-state index contributed by atoms with van der Waals surface area (Å²) >= 11 is 0.893. The van der Waals surface area contributed by atoms with E-state index in [0.29, 0.717) is 33.5 Å². The van der Waals surface area contributed by atoms with Crippen molar-refractivity contribution in [2.24, 2.45) is 0 Å². The first-order valence-electron chi connectivity index (χ1n) is 8.97. The summed E-state index contributed by atoms with van der Waals surface area (Å²) in [6.07, 6.45) is 1.63. The smallest absolute Gasteiger partial charge is 0.293 e. The summed E-state index contributed by atoms with van der Waals surface area (Å²) in [7, 11) is 1.53. The molecule has 2 amide bonds. The first-order valence-corrected chi connectivity index (χ1v) is 9.79. The normalized spacial score (nSPS) is 16.6. The van der Waals surface area contributed by atoms with Crippen molar-refractivity contribution in [1.29, 1.82) is 0 Å². The molecule has 0 saturated carbocycles. The van der Waals surface area contributed by atoms with E-state index in [4.69, 9.17) is 18.9 Å². The molecular weight excluding hydrogens is 394 g/mol. The molecule has 0 radical (unpaired) electrons. The van der Waals surface area contributed by atoms with Gasteiger partial charge in [-0.25, -0.2) is 0 Å². The third-order valence-electron chi connectivity index (χ3n) is 4.49. The van der Waals surface area contributed by atoms with Crippen molar-refractivity contribution < 1.29 is 28.5 Å². The third kappa shape index (κ3) is 4.02. The van der Waals surface area contributed by atoms with Gasteiger partial charge in [0.15, 0.2) is 11.5 Å². The van der Waals surface area contributed by atoms with Gasteiger partial charge in [-0.15, -0.1) is 0 Å². The Balaban J connectivity index is 1.46. The van der Waals surface area contributed by atoms with Crippen LogP contribution in [0.2, 0.25) is 0 Å². The molecule has 2 aliphatic rings. The van der Waals surface area contributed by atoms with Crippen LogP contribution < -0.4 is 18.9 Å². The number of carbonyl (C=O) groups is 2. The molecule has 8 heteroatoms. The molecule has 0 spiro atoms. The largest absolute Gasteiger partial charge is 0.496 e. The molecule has 29 heavy (non-hydrogen) atoms. The highest BCUT2D eigenvalue weighted by atomic mass is 32.2. The van der Waals surface area contributed by atoms with Crippen molar-refractivity contribution in [2.45, 2.75) is 6.92 Å². The van der Waals surface area contributed by atoms with Crippen LogP contribution in [0.25, 0.3) is 6.08 Å². The predicted molar refractivity (Wildman–Crippen MR) is 108 cm³/mol. The summed E-state index contributed by atoms with van der Waals surface area (Å²) in [6, 6.07) is 11.0. The van der Waals surface area contributed by atoms with Crippen LogP contribution in [0.3, 0.4) is 0 Å². The highest BCUT2D eigenvalue weighted by molar-refractivity contribution is 8.18. The minimum atomic E-state index is -0.354. The van der Waals surface area contributed by atoms with Crippen molar-refractivity contribution in [2.75, 3.05) is 27.1 Å². The fraction of sp³-hybridized carbons (Fsp3) is 0.238. The molecule has 4 rings (SSSR count). The average Bonchev–Trinajstić information content (AvgIpc) is 3.27. The predicted octanol–water partition coefficient (Wildman–Crippen LogP) is 3.85. The second kappa shape index (κ2) is 8.08. The van der Waals surface area contributed by atoms with Crippen molar-refractivity contribution in [3.63, 3.8) is 0 Å². The van der Waals surface area contributed by atoms with Crippen LogP contribution in [0, 0.1) is 6.92 Å². The standard InChI is InChI=1S/C21H19NO6S/c1-13-3-5-15(6-4-13)26-8-7-22-20(23)19(29-21(22)24)10-14-9-17-18(28-12-27-17)11-16(14)25-2/h3-6,9-11H,7-8,12H2,1-2H3/b19-10-. The van der Waals surface area contributed by atoms with E-state index in [1.54, 1.807) is 18.2 Å². The van der Waals surface area contributed by atoms with E-state index in [1.165, 1.54) is 12.0 Å². The second-order valence-corrected chi connectivity index (χ2v) is 7.44. The zero-order valence-corrected chi connectivity index (χ0v) is 16.8. The Morgan fingerprint density at radius 3 is 2.59 bits per heavy atom. The van der Waals surface area contributed by atoms with Crippen LogP contribution in [-0.2, 0) is 4.79 Å². The highest BCUT2D eigenvalue weighted by Crippen LogP contribution is 2.40. The molecular formula is C21H19NO6S. The minimum absolute atomic E-state index is 0.138. The molecule has 0 N–H and O–H groups in total. The number of imide groups is 1. The summed E-state index contributed by atoms with van der Waals surface area (Å²) < 4.78 is 21.7. The SMILES string of the molecule is COc1cc2c(cc1/C=C1\SC(=O)N(CCOc3ccc(C)cc3)C1=O)OCO2. The Hall–Kier alpha value is -3.13. The highest BCUT2D eigenvalue weighted by Gasteiger charge is 2.35. The lowest BCUT2D eigenvalue weighted by Crippen LogP contribution is -2.32.